The molecule has 0 aliphatic carbocycles. The van der Waals surface area contributed by atoms with Crippen molar-refractivity contribution in [1.29, 1.82) is 0 Å². The first kappa shape index (κ1) is 14.1. The molecule has 2 aromatic rings. The number of nitrogens with zero attached hydrogens (tertiary/aromatic N) is 1. The van der Waals surface area contributed by atoms with Crippen LogP contribution in [0.25, 0.3) is 11.0 Å². The lowest BCUT2D eigenvalue weighted by atomic mass is 10.2. The van der Waals surface area contributed by atoms with Gasteiger partial charge in [0, 0.05) is 11.9 Å². The lowest BCUT2D eigenvalue weighted by molar-refractivity contribution is -0.147. The van der Waals surface area contributed by atoms with Crippen molar-refractivity contribution in [2.45, 2.75) is 6.04 Å². The number of hydrogen-bond acceptors (Lipinski definition) is 4. The Hall–Kier alpha value is -1.86. The van der Waals surface area contributed by atoms with E-state index in [4.69, 9.17) is 9.15 Å². The third-order valence-electron chi connectivity index (χ3n) is 3.38. The van der Waals surface area contributed by atoms with Gasteiger partial charge in [0.05, 0.1) is 17.7 Å². The van der Waals surface area contributed by atoms with Crippen LogP contribution in [0.3, 0.4) is 0 Å². The molecule has 3 rings (SSSR count). The molecule has 110 valence electrons. The summed E-state index contributed by atoms with van der Waals surface area (Å²) < 4.78 is 11.4. The number of furan rings is 1. The summed E-state index contributed by atoms with van der Waals surface area (Å²) in [5.41, 5.74) is 0.570. The van der Waals surface area contributed by atoms with E-state index in [1.165, 1.54) is 4.90 Å². The Morgan fingerprint density at radius 1 is 1.38 bits per heavy atom. The molecule has 0 spiro atoms. The second kappa shape index (κ2) is 5.50. The number of aliphatic carboxylic acids is 1. The van der Waals surface area contributed by atoms with Crippen LogP contribution in [-0.2, 0) is 9.53 Å². The van der Waals surface area contributed by atoms with Crippen LogP contribution in [0.1, 0.15) is 10.6 Å². The van der Waals surface area contributed by atoms with Crippen molar-refractivity contribution in [3.63, 3.8) is 0 Å². The number of amides is 1. The van der Waals surface area contributed by atoms with E-state index in [0.717, 1.165) is 9.86 Å². The van der Waals surface area contributed by atoms with E-state index in [9.17, 15) is 14.7 Å². The van der Waals surface area contributed by atoms with E-state index >= 15 is 0 Å². The lowest BCUT2D eigenvalue weighted by Crippen LogP contribution is -2.52. The van der Waals surface area contributed by atoms with Gasteiger partial charge in [-0.25, -0.2) is 4.79 Å². The number of hydrogen-bond donors (Lipinski definition) is 1. The first-order valence-electron chi connectivity index (χ1n) is 6.37. The highest BCUT2D eigenvalue weighted by Gasteiger charge is 2.34. The molecule has 6 nitrogen and oxygen atoms in total. The Bertz CT molecular complexity index is 710. The van der Waals surface area contributed by atoms with Crippen LogP contribution in [0.5, 0.6) is 0 Å². The number of fused-ring (bicyclic) bond motifs is 1. The average Bonchev–Trinajstić information content (AvgIpc) is 2.92. The lowest BCUT2D eigenvalue weighted by Gasteiger charge is -2.32. The molecule has 0 saturated carbocycles. The monoisotopic (exact) mass is 353 g/mol. The zero-order valence-electron chi connectivity index (χ0n) is 10.9. The normalized spacial score (nSPS) is 18.9. The molecule has 7 heteroatoms. The summed E-state index contributed by atoms with van der Waals surface area (Å²) in [5.74, 6) is -1.39. The van der Waals surface area contributed by atoms with Crippen molar-refractivity contribution >= 4 is 38.8 Å². The number of morpholine rings is 1. The SMILES string of the molecule is O=C(O)C1COCCN1C(=O)c1cc2cccc(Br)c2o1. The minimum atomic E-state index is -1.08. The van der Waals surface area contributed by atoms with E-state index in [1.807, 2.05) is 18.2 Å². The van der Waals surface area contributed by atoms with Crippen LogP contribution >= 0.6 is 15.9 Å². The Kier molecular flexibility index (Phi) is 3.69. The summed E-state index contributed by atoms with van der Waals surface area (Å²) in [5, 5.41) is 9.96. The molecule has 1 saturated heterocycles. The van der Waals surface area contributed by atoms with E-state index < -0.39 is 17.9 Å². The van der Waals surface area contributed by atoms with Gasteiger partial charge in [-0.2, -0.15) is 0 Å². The number of carbonyl (C=O) groups excluding carboxylic acids is 1. The number of halogens is 1. The first-order chi connectivity index (χ1) is 10.1. The predicted molar refractivity (Wildman–Crippen MR) is 77.2 cm³/mol. The Labute approximate surface area is 128 Å². The molecular formula is C14H12BrNO5. The van der Waals surface area contributed by atoms with Gasteiger partial charge in [0.15, 0.2) is 11.8 Å². The number of ether oxygens (including phenoxy) is 1. The number of benzene rings is 1. The van der Waals surface area contributed by atoms with Crippen molar-refractivity contribution in [3.8, 4) is 0 Å². The van der Waals surface area contributed by atoms with Gasteiger partial charge in [0.1, 0.15) is 5.58 Å². The molecule has 1 amide bonds. The molecule has 2 heterocycles. The third kappa shape index (κ3) is 2.54. The summed E-state index contributed by atoms with van der Waals surface area (Å²) >= 11 is 3.36. The molecule has 1 fully saturated rings. The smallest absolute Gasteiger partial charge is 0.328 e. The Morgan fingerprint density at radius 3 is 2.90 bits per heavy atom. The molecule has 1 unspecified atom stereocenters. The summed E-state index contributed by atoms with van der Waals surface area (Å²) in [4.78, 5) is 25.0. The summed E-state index contributed by atoms with van der Waals surface area (Å²) in [6.45, 7) is 0.540. The van der Waals surface area contributed by atoms with Crippen LogP contribution in [0, 0.1) is 0 Å². The van der Waals surface area contributed by atoms with Crippen LogP contribution in [0.15, 0.2) is 33.2 Å². The van der Waals surface area contributed by atoms with Crippen molar-refractivity contribution in [1.82, 2.24) is 4.90 Å². The summed E-state index contributed by atoms with van der Waals surface area (Å²) in [7, 11) is 0. The fourth-order valence-corrected chi connectivity index (χ4v) is 2.79. The summed E-state index contributed by atoms with van der Waals surface area (Å²) in [6, 6.07) is 6.12. The fraction of sp³-hybridized carbons (Fsp3) is 0.286. The van der Waals surface area contributed by atoms with E-state index in [0.29, 0.717) is 12.2 Å². The molecule has 0 bridgehead atoms. The van der Waals surface area contributed by atoms with Crippen LogP contribution in [0.2, 0.25) is 0 Å². The topological polar surface area (TPSA) is 80.0 Å². The third-order valence-corrected chi connectivity index (χ3v) is 4.01. The second-order valence-electron chi connectivity index (χ2n) is 4.70. The Balaban J connectivity index is 1.95. The highest BCUT2D eigenvalue weighted by atomic mass is 79.9. The van der Waals surface area contributed by atoms with Crippen molar-refractivity contribution in [2.24, 2.45) is 0 Å². The molecule has 1 N–H and O–H groups in total. The minimum Gasteiger partial charge on any atom is -0.480 e. The maximum absolute atomic E-state index is 12.5. The van der Waals surface area contributed by atoms with Gasteiger partial charge in [-0.05, 0) is 28.1 Å². The quantitative estimate of drug-likeness (QED) is 0.894. The molecule has 1 aliphatic rings. The molecule has 1 aromatic carbocycles. The van der Waals surface area contributed by atoms with Crippen LogP contribution < -0.4 is 0 Å². The fourth-order valence-electron chi connectivity index (χ4n) is 2.33. The van der Waals surface area contributed by atoms with Crippen molar-refractivity contribution in [2.75, 3.05) is 19.8 Å². The Morgan fingerprint density at radius 2 is 2.19 bits per heavy atom. The number of carboxylic acids is 1. The highest BCUT2D eigenvalue weighted by Crippen LogP contribution is 2.28. The molecule has 1 aromatic heterocycles. The van der Waals surface area contributed by atoms with Crippen molar-refractivity contribution < 1.29 is 23.8 Å². The first-order valence-corrected chi connectivity index (χ1v) is 7.17. The number of para-hydroxylation sites is 1. The van der Waals surface area contributed by atoms with Gasteiger partial charge in [0.2, 0.25) is 0 Å². The van der Waals surface area contributed by atoms with E-state index in [-0.39, 0.29) is 18.9 Å². The van der Waals surface area contributed by atoms with Gasteiger partial charge >= 0.3 is 5.97 Å². The largest absolute Gasteiger partial charge is 0.480 e. The summed E-state index contributed by atoms with van der Waals surface area (Å²) in [6.07, 6.45) is 0. The number of carboxylic acid groups (broad SMARTS) is 1. The standard InChI is InChI=1S/C14H12BrNO5/c15-9-3-1-2-8-6-11(21-12(8)9)13(17)16-4-5-20-7-10(16)14(18)19/h1-3,6,10H,4-5,7H2,(H,18,19). The van der Waals surface area contributed by atoms with Gasteiger partial charge < -0.3 is 19.2 Å². The predicted octanol–water partition coefficient (Wildman–Crippen LogP) is 2.12. The van der Waals surface area contributed by atoms with E-state index in [2.05, 4.69) is 15.9 Å². The number of carbonyl (C=O) groups is 2. The molecular weight excluding hydrogens is 342 g/mol. The average molecular weight is 354 g/mol. The van der Waals surface area contributed by atoms with Gasteiger partial charge in [-0.15, -0.1) is 0 Å². The number of rotatable bonds is 2. The molecule has 0 radical (unpaired) electrons. The highest BCUT2D eigenvalue weighted by molar-refractivity contribution is 9.10. The van der Waals surface area contributed by atoms with Gasteiger partial charge in [-0.3, -0.25) is 4.79 Å². The molecule has 1 atom stereocenters. The maximum atomic E-state index is 12.5. The zero-order chi connectivity index (χ0) is 15.0. The molecule has 21 heavy (non-hydrogen) atoms. The zero-order valence-corrected chi connectivity index (χ0v) is 12.5. The van der Waals surface area contributed by atoms with Gasteiger partial charge in [-0.1, -0.05) is 12.1 Å². The minimum absolute atomic E-state index is 0.00893. The molecule has 1 aliphatic heterocycles. The van der Waals surface area contributed by atoms with Crippen molar-refractivity contribution in [3.05, 3.63) is 34.5 Å². The maximum Gasteiger partial charge on any atom is 0.328 e. The van der Waals surface area contributed by atoms with Crippen LogP contribution in [-0.4, -0.2) is 47.7 Å². The van der Waals surface area contributed by atoms with Crippen LogP contribution in [0.4, 0.5) is 0 Å². The van der Waals surface area contributed by atoms with Gasteiger partial charge in [0.25, 0.3) is 5.91 Å². The van der Waals surface area contributed by atoms with E-state index in [1.54, 1.807) is 6.07 Å². The second-order valence-corrected chi connectivity index (χ2v) is 5.55.